The van der Waals surface area contributed by atoms with Crippen molar-refractivity contribution in [2.24, 2.45) is 0 Å². The maximum absolute atomic E-state index is 13.7. The summed E-state index contributed by atoms with van der Waals surface area (Å²) in [7, 11) is -4.43. The number of hydrogen-bond donors (Lipinski definition) is 1. The van der Waals surface area contributed by atoms with E-state index in [1.54, 1.807) is 49.4 Å². The number of halogens is 3. The molecule has 1 N–H and O–H groups in total. The second-order valence-corrected chi connectivity index (χ2v) is 10.0. The number of fused-ring (bicyclic) bond motifs is 1. The molecule has 1 aliphatic rings. The highest BCUT2D eigenvalue weighted by molar-refractivity contribution is 7.89. The molecule has 0 saturated heterocycles. The minimum atomic E-state index is -5.06. The van der Waals surface area contributed by atoms with Gasteiger partial charge in [-0.3, -0.25) is 4.79 Å². The van der Waals surface area contributed by atoms with Gasteiger partial charge in [0.2, 0.25) is 10.0 Å². The minimum absolute atomic E-state index is 0.0323. The largest absolute Gasteiger partial charge is 0.573 e. The zero-order valence-electron chi connectivity index (χ0n) is 18.7. The molecule has 1 amide bonds. The van der Waals surface area contributed by atoms with Gasteiger partial charge in [-0.2, -0.15) is 4.31 Å². The molecule has 0 bridgehead atoms. The summed E-state index contributed by atoms with van der Waals surface area (Å²) in [5.41, 5.74) is 2.42. The van der Waals surface area contributed by atoms with Crippen molar-refractivity contribution in [1.82, 2.24) is 9.62 Å². The van der Waals surface area contributed by atoms with Gasteiger partial charge in [-0.05, 0) is 54.3 Å². The number of benzene rings is 3. The molecular weight excluding hydrogens is 481 g/mol. The van der Waals surface area contributed by atoms with Crippen LogP contribution in [0.25, 0.3) is 0 Å². The average Bonchev–Trinajstić information content (AvgIpc) is 2.81. The van der Waals surface area contributed by atoms with Crippen LogP contribution in [0.3, 0.4) is 0 Å². The van der Waals surface area contributed by atoms with Gasteiger partial charge in [-0.1, -0.05) is 48.5 Å². The average molecular weight is 505 g/mol. The molecule has 0 spiro atoms. The number of rotatable bonds is 6. The van der Waals surface area contributed by atoms with Crippen LogP contribution in [0, 0.1) is 6.92 Å². The first-order valence-corrected chi connectivity index (χ1v) is 12.3. The SMILES string of the molecule is Cc1ccc(S(=O)(=O)N2CCc3ccccc3C2CNC(=O)c2ccccc2)c(OC(F)(F)F)c1. The van der Waals surface area contributed by atoms with Crippen LogP contribution >= 0.6 is 0 Å². The number of nitrogens with zero attached hydrogens (tertiary/aromatic N) is 1. The number of alkyl halides is 3. The highest BCUT2D eigenvalue weighted by Gasteiger charge is 2.40. The summed E-state index contributed by atoms with van der Waals surface area (Å²) < 4.78 is 71.8. The number of aryl methyl sites for hydroxylation is 1. The molecule has 1 unspecified atom stereocenters. The molecule has 184 valence electrons. The van der Waals surface area contributed by atoms with Gasteiger partial charge in [0.05, 0.1) is 6.04 Å². The first-order valence-electron chi connectivity index (χ1n) is 10.9. The van der Waals surface area contributed by atoms with E-state index >= 15 is 0 Å². The van der Waals surface area contributed by atoms with Gasteiger partial charge in [-0.15, -0.1) is 13.2 Å². The molecule has 3 aromatic rings. The number of carbonyl (C=O) groups excluding carboxylic acids is 1. The Kier molecular flexibility index (Phi) is 6.86. The number of carbonyl (C=O) groups is 1. The van der Waals surface area contributed by atoms with Gasteiger partial charge in [0, 0.05) is 18.7 Å². The lowest BCUT2D eigenvalue weighted by Gasteiger charge is -2.36. The molecule has 6 nitrogen and oxygen atoms in total. The topological polar surface area (TPSA) is 75.7 Å². The van der Waals surface area contributed by atoms with Crippen LogP contribution in [0.2, 0.25) is 0 Å². The second kappa shape index (κ2) is 9.71. The predicted molar refractivity (Wildman–Crippen MR) is 123 cm³/mol. The van der Waals surface area contributed by atoms with Gasteiger partial charge in [-0.25, -0.2) is 8.42 Å². The summed E-state index contributed by atoms with van der Waals surface area (Å²) in [6.45, 7) is 1.51. The first-order chi connectivity index (χ1) is 16.6. The van der Waals surface area contributed by atoms with Crippen LogP contribution < -0.4 is 10.1 Å². The van der Waals surface area contributed by atoms with Gasteiger partial charge in [0.25, 0.3) is 5.91 Å². The minimum Gasteiger partial charge on any atom is -0.404 e. The molecule has 3 aromatic carbocycles. The standard InChI is InChI=1S/C25H23F3N2O4S/c1-17-11-12-23(22(15-17)34-25(26,27)28)35(32,33)30-14-13-18-7-5-6-10-20(18)21(30)16-29-24(31)19-8-3-2-4-9-19/h2-12,15,21H,13-14,16H2,1H3,(H,29,31). The molecule has 0 aliphatic carbocycles. The number of ether oxygens (including phenoxy) is 1. The maximum atomic E-state index is 13.7. The monoisotopic (exact) mass is 504 g/mol. The molecule has 0 aromatic heterocycles. The summed E-state index contributed by atoms with van der Waals surface area (Å²) in [5.74, 6) is -1.18. The Labute approximate surface area is 201 Å². The van der Waals surface area contributed by atoms with Crippen LogP contribution in [0.4, 0.5) is 13.2 Å². The Morgan fingerprint density at radius 3 is 2.46 bits per heavy atom. The fourth-order valence-corrected chi connectivity index (χ4v) is 5.87. The molecule has 35 heavy (non-hydrogen) atoms. The van der Waals surface area contributed by atoms with E-state index in [2.05, 4.69) is 10.1 Å². The van der Waals surface area contributed by atoms with Gasteiger partial charge in [0.1, 0.15) is 10.6 Å². The number of amides is 1. The highest BCUT2D eigenvalue weighted by Crippen LogP contribution is 2.38. The molecule has 10 heteroatoms. The Hall–Kier alpha value is -3.37. The molecule has 0 saturated carbocycles. The summed E-state index contributed by atoms with van der Waals surface area (Å²) in [6, 6.07) is 18.4. The molecule has 4 rings (SSSR count). The third-order valence-electron chi connectivity index (χ3n) is 5.77. The van der Waals surface area contributed by atoms with Crippen LogP contribution in [0.5, 0.6) is 5.75 Å². The van der Waals surface area contributed by atoms with Crippen LogP contribution in [-0.4, -0.2) is 38.1 Å². The van der Waals surface area contributed by atoms with Gasteiger partial charge >= 0.3 is 6.36 Å². The van der Waals surface area contributed by atoms with Crippen LogP contribution in [0.15, 0.2) is 77.7 Å². The van der Waals surface area contributed by atoms with Crippen molar-refractivity contribution in [3.05, 3.63) is 95.1 Å². The molecule has 0 radical (unpaired) electrons. The Balaban J connectivity index is 1.71. The van der Waals surface area contributed by atoms with Crippen molar-refractivity contribution in [1.29, 1.82) is 0 Å². The van der Waals surface area contributed by atoms with Crippen LogP contribution in [-0.2, 0) is 16.4 Å². The van der Waals surface area contributed by atoms with Crippen molar-refractivity contribution in [3.63, 3.8) is 0 Å². The summed E-state index contributed by atoms with van der Waals surface area (Å²) in [6.07, 6.45) is -4.69. The third-order valence-corrected chi connectivity index (χ3v) is 7.71. The molecule has 1 heterocycles. The smallest absolute Gasteiger partial charge is 0.404 e. The molecule has 0 fully saturated rings. The number of hydrogen-bond acceptors (Lipinski definition) is 4. The van der Waals surface area contributed by atoms with E-state index in [9.17, 15) is 26.4 Å². The van der Waals surface area contributed by atoms with E-state index in [-0.39, 0.29) is 19.0 Å². The van der Waals surface area contributed by atoms with Crippen molar-refractivity contribution in [3.8, 4) is 5.75 Å². The van der Waals surface area contributed by atoms with E-state index in [1.165, 1.54) is 6.07 Å². The van der Waals surface area contributed by atoms with E-state index in [4.69, 9.17) is 0 Å². The number of nitrogens with one attached hydrogen (secondary N) is 1. The van der Waals surface area contributed by atoms with Crippen LogP contribution in [0.1, 0.15) is 33.1 Å². The number of sulfonamides is 1. The Morgan fingerprint density at radius 2 is 1.74 bits per heavy atom. The summed E-state index contributed by atoms with van der Waals surface area (Å²) in [5, 5.41) is 2.77. The summed E-state index contributed by atoms with van der Waals surface area (Å²) in [4.78, 5) is 12.1. The fourth-order valence-electron chi connectivity index (χ4n) is 4.17. The Morgan fingerprint density at radius 1 is 1.06 bits per heavy atom. The van der Waals surface area contributed by atoms with E-state index in [0.29, 0.717) is 23.1 Å². The first kappa shape index (κ1) is 24.7. The molecular formula is C25H23F3N2O4S. The van der Waals surface area contributed by atoms with Gasteiger partial charge < -0.3 is 10.1 Å². The van der Waals surface area contributed by atoms with Crippen molar-refractivity contribution >= 4 is 15.9 Å². The van der Waals surface area contributed by atoms with Gasteiger partial charge in [0.15, 0.2) is 0 Å². The summed E-state index contributed by atoms with van der Waals surface area (Å²) >= 11 is 0. The maximum Gasteiger partial charge on any atom is 0.573 e. The lowest BCUT2D eigenvalue weighted by atomic mass is 9.94. The molecule has 1 atom stereocenters. The predicted octanol–water partition coefficient (Wildman–Crippen LogP) is 4.61. The fraction of sp³-hybridized carbons (Fsp3) is 0.240. The zero-order valence-corrected chi connectivity index (χ0v) is 19.6. The highest BCUT2D eigenvalue weighted by atomic mass is 32.2. The third kappa shape index (κ3) is 5.49. The lowest BCUT2D eigenvalue weighted by Crippen LogP contribution is -2.45. The van der Waals surface area contributed by atoms with E-state index in [1.807, 2.05) is 12.1 Å². The van der Waals surface area contributed by atoms with Crippen molar-refractivity contribution in [2.45, 2.75) is 30.6 Å². The van der Waals surface area contributed by atoms with E-state index in [0.717, 1.165) is 22.0 Å². The van der Waals surface area contributed by atoms with Crippen molar-refractivity contribution in [2.75, 3.05) is 13.1 Å². The second-order valence-electron chi connectivity index (χ2n) is 8.15. The Bertz CT molecular complexity index is 1330. The van der Waals surface area contributed by atoms with Crippen molar-refractivity contribution < 1.29 is 31.1 Å². The molecule has 1 aliphatic heterocycles. The lowest BCUT2D eigenvalue weighted by molar-refractivity contribution is -0.275. The van der Waals surface area contributed by atoms with E-state index < -0.39 is 33.1 Å². The normalized spacial score (nSPS) is 16.4. The quantitative estimate of drug-likeness (QED) is 0.532. The zero-order chi connectivity index (χ0) is 25.2.